The Hall–Kier alpha value is -1.62. The summed E-state index contributed by atoms with van der Waals surface area (Å²) in [4.78, 5) is 18.8. The number of carbonyl (C=O) groups excluding carboxylic acids is 1. The van der Waals surface area contributed by atoms with Gasteiger partial charge in [0.25, 0.3) is 0 Å². The van der Waals surface area contributed by atoms with E-state index in [0.29, 0.717) is 24.9 Å². The standard InChI is InChI=1S/C17H25N3O2/c1-13-5-3-9-18-16(13)22-12-17(7-8-17)19-15(21)11-14-6-4-10-20(14)2/h3,5,9,14H,4,6-8,10-12H2,1-2H3,(H,19,21)/t14-/m0/s1. The predicted octanol–water partition coefficient (Wildman–Crippen LogP) is 1.90. The van der Waals surface area contributed by atoms with Crippen molar-refractivity contribution < 1.29 is 9.53 Å². The first-order valence-corrected chi connectivity index (χ1v) is 8.14. The molecule has 0 unspecified atom stereocenters. The summed E-state index contributed by atoms with van der Waals surface area (Å²) in [7, 11) is 2.10. The second-order valence-corrected chi connectivity index (χ2v) is 6.72. The minimum Gasteiger partial charge on any atom is -0.475 e. The highest BCUT2D eigenvalue weighted by Gasteiger charge is 2.45. The normalized spacial score (nSPS) is 23.3. The zero-order chi connectivity index (χ0) is 15.6. The van der Waals surface area contributed by atoms with Crippen molar-refractivity contribution in [3.8, 4) is 5.88 Å². The van der Waals surface area contributed by atoms with Crippen molar-refractivity contribution in [3.05, 3.63) is 23.9 Å². The second kappa shape index (κ2) is 6.24. The first kappa shape index (κ1) is 15.3. The number of hydrogen-bond acceptors (Lipinski definition) is 4. The van der Waals surface area contributed by atoms with E-state index in [1.807, 2.05) is 19.1 Å². The summed E-state index contributed by atoms with van der Waals surface area (Å²) in [5.41, 5.74) is 0.857. The molecule has 22 heavy (non-hydrogen) atoms. The number of aryl methyl sites for hydroxylation is 1. The van der Waals surface area contributed by atoms with Crippen LogP contribution in [0.3, 0.4) is 0 Å². The number of aromatic nitrogens is 1. The molecule has 1 saturated carbocycles. The number of nitrogens with one attached hydrogen (secondary N) is 1. The summed E-state index contributed by atoms with van der Waals surface area (Å²) in [5, 5.41) is 3.19. The van der Waals surface area contributed by atoms with E-state index in [-0.39, 0.29) is 11.4 Å². The lowest BCUT2D eigenvalue weighted by Crippen LogP contribution is -2.43. The summed E-state index contributed by atoms with van der Waals surface area (Å²) in [6.45, 7) is 3.60. The fourth-order valence-electron chi connectivity index (χ4n) is 3.08. The number of hydrogen-bond donors (Lipinski definition) is 1. The molecule has 3 rings (SSSR count). The number of rotatable bonds is 6. The molecule has 1 aliphatic heterocycles. The Morgan fingerprint density at radius 3 is 3.00 bits per heavy atom. The molecular weight excluding hydrogens is 278 g/mol. The van der Waals surface area contributed by atoms with Crippen LogP contribution in [0.4, 0.5) is 0 Å². The highest BCUT2D eigenvalue weighted by molar-refractivity contribution is 5.78. The number of pyridine rings is 1. The maximum atomic E-state index is 12.3. The van der Waals surface area contributed by atoms with Crippen LogP contribution < -0.4 is 10.1 Å². The average Bonchev–Trinajstić information content (AvgIpc) is 3.14. The lowest BCUT2D eigenvalue weighted by molar-refractivity contribution is -0.123. The topological polar surface area (TPSA) is 54.5 Å². The summed E-state index contributed by atoms with van der Waals surface area (Å²) in [6, 6.07) is 4.28. The summed E-state index contributed by atoms with van der Waals surface area (Å²) < 4.78 is 5.82. The molecule has 1 atom stereocenters. The first-order chi connectivity index (χ1) is 10.6. The molecule has 2 heterocycles. The molecule has 2 fully saturated rings. The van der Waals surface area contributed by atoms with Crippen LogP contribution in [0, 0.1) is 6.92 Å². The first-order valence-electron chi connectivity index (χ1n) is 8.14. The molecule has 0 spiro atoms. The van der Waals surface area contributed by atoms with E-state index in [0.717, 1.165) is 31.4 Å². The van der Waals surface area contributed by atoms with Gasteiger partial charge in [-0.15, -0.1) is 0 Å². The molecule has 5 heteroatoms. The maximum absolute atomic E-state index is 12.3. The van der Waals surface area contributed by atoms with Crippen LogP contribution in [0.5, 0.6) is 5.88 Å². The molecule has 0 bridgehead atoms. The number of amides is 1. The molecule has 0 radical (unpaired) electrons. The van der Waals surface area contributed by atoms with Gasteiger partial charge in [-0.25, -0.2) is 4.98 Å². The molecule has 1 aromatic rings. The van der Waals surface area contributed by atoms with Gasteiger partial charge in [0, 0.05) is 24.2 Å². The van der Waals surface area contributed by atoms with Crippen LogP contribution in [0.15, 0.2) is 18.3 Å². The van der Waals surface area contributed by atoms with Gasteiger partial charge in [-0.1, -0.05) is 6.07 Å². The van der Waals surface area contributed by atoms with Crippen LogP contribution >= 0.6 is 0 Å². The van der Waals surface area contributed by atoms with Gasteiger partial charge < -0.3 is 15.0 Å². The van der Waals surface area contributed by atoms with E-state index in [1.165, 1.54) is 6.42 Å². The van der Waals surface area contributed by atoms with Crippen LogP contribution in [0.1, 0.15) is 37.7 Å². The molecule has 1 N–H and O–H groups in total. The zero-order valence-electron chi connectivity index (χ0n) is 13.5. The number of nitrogens with zero attached hydrogens (tertiary/aromatic N) is 2. The third-order valence-electron chi connectivity index (χ3n) is 4.80. The predicted molar refractivity (Wildman–Crippen MR) is 84.8 cm³/mol. The number of carbonyl (C=O) groups is 1. The zero-order valence-corrected chi connectivity index (χ0v) is 13.5. The van der Waals surface area contributed by atoms with Crippen LogP contribution in [0.25, 0.3) is 0 Å². The van der Waals surface area contributed by atoms with E-state index >= 15 is 0 Å². The van der Waals surface area contributed by atoms with Gasteiger partial charge in [0.05, 0.1) is 5.54 Å². The SMILES string of the molecule is Cc1cccnc1OCC1(NC(=O)C[C@@H]2CCCN2C)CC1. The molecule has 1 aliphatic carbocycles. The van der Waals surface area contributed by atoms with E-state index in [9.17, 15) is 4.79 Å². The van der Waals surface area contributed by atoms with Crippen molar-refractivity contribution in [2.75, 3.05) is 20.2 Å². The molecule has 1 amide bonds. The molecule has 0 aromatic carbocycles. The van der Waals surface area contributed by atoms with Crippen LogP contribution in [-0.2, 0) is 4.79 Å². The highest BCUT2D eigenvalue weighted by Crippen LogP contribution is 2.36. The molecule has 1 aromatic heterocycles. The third-order valence-corrected chi connectivity index (χ3v) is 4.80. The minimum atomic E-state index is -0.168. The number of ether oxygens (including phenoxy) is 1. The second-order valence-electron chi connectivity index (χ2n) is 6.72. The van der Waals surface area contributed by atoms with Gasteiger partial charge >= 0.3 is 0 Å². The average molecular weight is 303 g/mol. The Labute approximate surface area is 132 Å². The lowest BCUT2D eigenvalue weighted by Gasteiger charge is -2.22. The quantitative estimate of drug-likeness (QED) is 0.872. The molecule has 2 aliphatic rings. The molecule has 5 nitrogen and oxygen atoms in total. The fraction of sp³-hybridized carbons (Fsp3) is 0.647. The van der Waals surface area contributed by atoms with Crippen molar-refractivity contribution in [2.24, 2.45) is 0 Å². The van der Waals surface area contributed by atoms with Crippen LogP contribution in [0.2, 0.25) is 0 Å². The summed E-state index contributed by atoms with van der Waals surface area (Å²) >= 11 is 0. The molecule has 1 saturated heterocycles. The molecular formula is C17H25N3O2. The largest absolute Gasteiger partial charge is 0.475 e. The van der Waals surface area contributed by atoms with Gasteiger partial charge in [0.2, 0.25) is 11.8 Å². The van der Waals surface area contributed by atoms with Gasteiger partial charge in [0.1, 0.15) is 6.61 Å². The van der Waals surface area contributed by atoms with Gasteiger partial charge in [-0.2, -0.15) is 0 Å². The third kappa shape index (κ3) is 3.58. The van der Waals surface area contributed by atoms with Crippen molar-refractivity contribution in [1.29, 1.82) is 0 Å². The Morgan fingerprint density at radius 1 is 1.55 bits per heavy atom. The van der Waals surface area contributed by atoms with Gasteiger partial charge in [-0.05, 0) is 52.3 Å². The summed E-state index contributed by atoms with van der Waals surface area (Å²) in [5.74, 6) is 0.816. The Morgan fingerprint density at radius 2 is 2.36 bits per heavy atom. The van der Waals surface area contributed by atoms with Crippen LogP contribution in [-0.4, -0.2) is 47.6 Å². The van der Waals surface area contributed by atoms with Crippen molar-refractivity contribution in [2.45, 2.75) is 50.6 Å². The molecule has 120 valence electrons. The Balaban J connectivity index is 1.49. The van der Waals surface area contributed by atoms with Gasteiger partial charge in [-0.3, -0.25) is 4.79 Å². The lowest BCUT2D eigenvalue weighted by atomic mass is 10.1. The van der Waals surface area contributed by atoms with Crippen molar-refractivity contribution in [1.82, 2.24) is 15.2 Å². The van der Waals surface area contributed by atoms with Crippen molar-refractivity contribution >= 4 is 5.91 Å². The van der Waals surface area contributed by atoms with E-state index in [1.54, 1.807) is 6.20 Å². The van der Waals surface area contributed by atoms with Gasteiger partial charge in [0.15, 0.2) is 0 Å². The van der Waals surface area contributed by atoms with E-state index < -0.39 is 0 Å². The minimum absolute atomic E-state index is 0.151. The highest BCUT2D eigenvalue weighted by atomic mass is 16.5. The Bertz CT molecular complexity index is 542. The van der Waals surface area contributed by atoms with Crippen molar-refractivity contribution in [3.63, 3.8) is 0 Å². The monoisotopic (exact) mass is 303 g/mol. The fourth-order valence-corrected chi connectivity index (χ4v) is 3.08. The number of likely N-dealkylation sites (tertiary alicyclic amines) is 1. The summed E-state index contributed by atoms with van der Waals surface area (Å²) in [6.07, 6.45) is 6.63. The van der Waals surface area contributed by atoms with E-state index in [4.69, 9.17) is 4.74 Å². The Kier molecular flexibility index (Phi) is 4.34. The van der Waals surface area contributed by atoms with E-state index in [2.05, 4.69) is 22.2 Å². The maximum Gasteiger partial charge on any atom is 0.222 e. The smallest absolute Gasteiger partial charge is 0.222 e.